The molecule has 0 spiro atoms. The van der Waals surface area contributed by atoms with E-state index in [-0.39, 0.29) is 6.10 Å². The van der Waals surface area contributed by atoms with Gasteiger partial charge in [0.2, 0.25) is 0 Å². The van der Waals surface area contributed by atoms with Crippen LogP contribution in [0.4, 0.5) is 0 Å². The van der Waals surface area contributed by atoms with Crippen LogP contribution in [0.15, 0.2) is 18.2 Å². The van der Waals surface area contributed by atoms with E-state index in [2.05, 4.69) is 0 Å². The lowest BCUT2D eigenvalue weighted by Gasteiger charge is -2.15. The summed E-state index contributed by atoms with van der Waals surface area (Å²) in [7, 11) is 1.63. The fraction of sp³-hybridized carbons (Fsp3) is 0.500. The van der Waals surface area contributed by atoms with Crippen LogP contribution in [0.5, 0.6) is 11.5 Å². The molecule has 1 aromatic carbocycles. The minimum atomic E-state index is 0.135. The molecule has 4 heteroatoms. The fourth-order valence-electron chi connectivity index (χ4n) is 1.68. The van der Waals surface area contributed by atoms with Gasteiger partial charge in [-0.1, -0.05) is 6.07 Å². The summed E-state index contributed by atoms with van der Waals surface area (Å²) >= 11 is 5.76. The first-order valence-corrected chi connectivity index (χ1v) is 5.84. The Kier molecular flexibility index (Phi) is 3.91. The second-order valence-electron chi connectivity index (χ2n) is 3.72. The lowest BCUT2D eigenvalue weighted by Crippen LogP contribution is -2.16. The largest absolute Gasteiger partial charge is 0.493 e. The molecule has 1 aliphatic heterocycles. The average Bonchev–Trinajstić information content (AvgIpc) is 2.82. The Labute approximate surface area is 100 Å². The number of hydrogen-bond acceptors (Lipinski definition) is 3. The van der Waals surface area contributed by atoms with Gasteiger partial charge in [-0.3, -0.25) is 0 Å². The molecule has 1 aromatic rings. The summed E-state index contributed by atoms with van der Waals surface area (Å²) in [6.45, 7) is 1.42. The zero-order valence-electron chi connectivity index (χ0n) is 9.24. The van der Waals surface area contributed by atoms with Crippen LogP contribution >= 0.6 is 11.6 Å². The average molecular weight is 243 g/mol. The second-order valence-corrected chi connectivity index (χ2v) is 3.99. The molecule has 1 saturated heterocycles. The molecule has 0 amide bonds. The van der Waals surface area contributed by atoms with E-state index in [4.69, 9.17) is 25.8 Å². The Morgan fingerprint density at radius 2 is 2.31 bits per heavy atom. The first-order chi connectivity index (χ1) is 7.83. The summed E-state index contributed by atoms with van der Waals surface area (Å²) in [6.07, 6.45) is 1.07. The maximum Gasteiger partial charge on any atom is 0.161 e. The van der Waals surface area contributed by atoms with Crippen molar-refractivity contribution in [2.75, 3.05) is 20.3 Å². The lowest BCUT2D eigenvalue weighted by molar-refractivity contribution is 0.138. The molecule has 0 aliphatic carbocycles. The highest BCUT2D eigenvalue weighted by molar-refractivity contribution is 6.17. The summed E-state index contributed by atoms with van der Waals surface area (Å²) in [5.74, 6) is 1.96. The van der Waals surface area contributed by atoms with E-state index in [0.29, 0.717) is 12.5 Å². The summed E-state index contributed by atoms with van der Waals surface area (Å²) in [6, 6.07) is 5.74. The van der Waals surface area contributed by atoms with Crippen LogP contribution < -0.4 is 9.47 Å². The molecule has 1 aliphatic rings. The highest BCUT2D eigenvalue weighted by atomic mass is 35.5. The van der Waals surface area contributed by atoms with Crippen LogP contribution in [0.3, 0.4) is 0 Å². The van der Waals surface area contributed by atoms with E-state index < -0.39 is 0 Å². The molecule has 2 rings (SSSR count). The van der Waals surface area contributed by atoms with Gasteiger partial charge in [0, 0.05) is 12.3 Å². The number of benzene rings is 1. The van der Waals surface area contributed by atoms with Crippen molar-refractivity contribution in [3.63, 3.8) is 0 Å². The van der Waals surface area contributed by atoms with E-state index in [1.165, 1.54) is 0 Å². The Hall–Kier alpha value is -0.930. The minimum Gasteiger partial charge on any atom is -0.493 e. The number of ether oxygens (including phenoxy) is 3. The predicted molar refractivity (Wildman–Crippen MR) is 62.4 cm³/mol. The van der Waals surface area contributed by atoms with Crippen molar-refractivity contribution >= 4 is 11.6 Å². The van der Waals surface area contributed by atoms with Gasteiger partial charge in [-0.15, -0.1) is 11.6 Å². The second kappa shape index (κ2) is 5.41. The molecule has 1 atom stereocenters. The number of halogens is 1. The van der Waals surface area contributed by atoms with Crippen LogP contribution in [-0.4, -0.2) is 26.4 Å². The van der Waals surface area contributed by atoms with E-state index in [0.717, 1.165) is 30.1 Å². The highest BCUT2D eigenvalue weighted by Gasteiger charge is 2.18. The maximum absolute atomic E-state index is 5.80. The number of hydrogen-bond donors (Lipinski definition) is 0. The Bertz CT molecular complexity index is 348. The molecular weight excluding hydrogens is 228 g/mol. The summed E-state index contributed by atoms with van der Waals surface area (Å²) in [5.41, 5.74) is 1.02. The molecular formula is C12H15ClO3. The molecule has 16 heavy (non-hydrogen) atoms. The SMILES string of the molecule is COc1cc(CCl)ccc1OC1CCOC1. The lowest BCUT2D eigenvalue weighted by atomic mass is 10.2. The van der Waals surface area contributed by atoms with Crippen molar-refractivity contribution in [2.45, 2.75) is 18.4 Å². The zero-order valence-corrected chi connectivity index (χ0v) is 10.00. The van der Waals surface area contributed by atoms with Crippen molar-refractivity contribution in [3.05, 3.63) is 23.8 Å². The molecule has 0 aromatic heterocycles. The van der Waals surface area contributed by atoms with Gasteiger partial charge < -0.3 is 14.2 Å². The van der Waals surface area contributed by atoms with Crippen molar-refractivity contribution in [1.82, 2.24) is 0 Å². The summed E-state index contributed by atoms with van der Waals surface area (Å²) in [5, 5.41) is 0. The molecule has 0 bridgehead atoms. The zero-order chi connectivity index (χ0) is 11.4. The highest BCUT2D eigenvalue weighted by Crippen LogP contribution is 2.30. The minimum absolute atomic E-state index is 0.135. The van der Waals surface area contributed by atoms with Crippen molar-refractivity contribution in [2.24, 2.45) is 0 Å². The maximum atomic E-state index is 5.80. The van der Waals surface area contributed by atoms with Crippen molar-refractivity contribution in [1.29, 1.82) is 0 Å². The monoisotopic (exact) mass is 242 g/mol. The van der Waals surface area contributed by atoms with E-state index in [1.807, 2.05) is 18.2 Å². The van der Waals surface area contributed by atoms with Crippen molar-refractivity contribution < 1.29 is 14.2 Å². The normalized spacial score (nSPS) is 19.8. The van der Waals surface area contributed by atoms with Gasteiger partial charge in [-0.2, -0.15) is 0 Å². The van der Waals surface area contributed by atoms with Gasteiger partial charge in [-0.25, -0.2) is 0 Å². The third kappa shape index (κ3) is 2.60. The molecule has 1 unspecified atom stereocenters. The fourth-order valence-corrected chi connectivity index (χ4v) is 1.84. The van der Waals surface area contributed by atoms with Crippen LogP contribution in [-0.2, 0) is 10.6 Å². The number of alkyl halides is 1. The van der Waals surface area contributed by atoms with Gasteiger partial charge in [0.05, 0.1) is 20.3 Å². The standard InChI is InChI=1S/C12H15ClO3/c1-14-12-6-9(7-13)2-3-11(12)16-10-4-5-15-8-10/h2-3,6,10H,4-5,7-8H2,1H3. The third-order valence-electron chi connectivity index (χ3n) is 2.56. The molecule has 1 fully saturated rings. The topological polar surface area (TPSA) is 27.7 Å². The van der Waals surface area contributed by atoms with Crippen LogP contribution in [0.25, 0.3) is 0 Å². The summed E-state index contributed by atoms with van der Waals surface area (Å²) < 4.78 is 16.3. The van der Waals surface area contributed by atoms with Gasteiger partial charge in [0.15, 0.2) is 11.5 Å². The molecule has 0 saturated carbocycles. The van der Waals surface area contributed by atoms with E-state index in [1.54, 1.807) is 7.11 Å². The van der Waals surface area contributed by atoms with Crippen LogP contribution in [0.2, 0.25) is 0 Å². The Morgan fingerprint density at radius 3 is 2.94 bits per heavy atom. The smallest absolute Gasteiger partial charge is 0.161 e. The van der Waals surface area contributed by atoms with Crippen LogP contribution in [0.1, 0.15) is 12.0 Å². The third-order valence-corrected chi connectivity index (χ3v) is 2.87. The summed E-state index contributed by atoms with van der Waals surface area (Å²) in [4.78, 5) is 0. The van der Waals surface area contributed by atoms with E-state index >= 15 is 0 Å². The van der Waals surface area contributed by atoms with E-state index in [9.17, 15) is 0 Å². The van der Waals surface area contributed by atoms with Crippen molar-refractivity contribution in [3.8, 4) is 11.5 Å². The van der Waals surface area contributed by atoms with Gasteiger partial charge in [0.25, 0.3) is 0 Å². The van der Waals surface area contributed by atoms with Crippen LogP contribution in [0, 0.1) is 0 Å². The van der Waals surface area contributed by atoms with Gasteiger partial charge in [-0.05, 0) is 17.7 Å². The van der Waals surface area contributed by atoms with Gasteiger partial charge in [0.1, 0.15) is 6.10 Å². The molecule has 3 nitrogen and oxygen atoms in total. The Morgan fingerprint density at radius 1 is 1.44 bits per heavy atom. The molecule has 0 N–H and O–H groups in total. The predicted octanol–water partition coefficient (Wildman–Crippen LogP) is 2.60. The molecule has 1 heterocycles. The quantitative estimate of drug-likeness (QED) is 0.760. The molecule has 0 radical (unpaired) electrons. The number of rotatable bonds is 4. The first kappa shape index (κ1) is 11.6. The first-order valence-electron chi connectivity index (χ1n) is 5.30. The number of methoxy groups -OCH3 is 1. The molecule has 88 valence electrons. The van der Waals surface area contributed by atoms with Gasteiger partial charge >= 0.3 is 0 Å². The Balaban J connectivity index is 2.12.